The zero-order chi connectivity index (χ0) is 6.69. The molecule has 9 heavy (non-hydrogen) atoms. The summed E-state index contributed by atoms with van der Waals surface area (Å²) in [5, 5.41) is -0.117. The van der Waals surface area contributed by atoms with E-state index >= 15 is 0 Å². The van der Waals surface area contributed by atoms with Crippen LogP contribution in [0.3, 0.4) is 0 Å². The third-order valence-electron chi connectivity index (χ3n) is 1.01. The van der Waals surface area contributed by atoms with E-state index < -0.39 is 0 Å². The van der Waals surface area contributed by atoms with E-state index in [0.29, 0.717) is 0 Å². The highest BCUT2D eigenvalue weighted by molar-refractivity contribution is 6.20. The number of hydrogen-bond acceptors (Lipinski definition) is 3. The number of rotatable bonds is 1. The smallest absolute Gasteiger partial charge is 0.179 e. The van der Waals surface area contributed by atoms with Gasteiger partial charge in [-0.2, -0.15) is 0 Å². The van der Waals surface area contributed by atoms with E-state index in [0.717, 1.165) is 0 Å². The molecule has 1 fully saturated rings. The summed E-state index contributed by atoms with van der Waals surface area (Å²) in [7, 11) is 0. The molecule has 1 rings (SSSR count). The molecule has 3 nitrogen and oxygen atoms in total. The first-order valence-electron chi connectivity index (χ1n) is 2.76. The van der Waals surface area contributed by atoms with Crippen molar-refractivity contribution in [3.05, 3.63) is 0 Å². The van der Waals surface area contributed by atoms with Crippen LogP contribution in [-0.2, 0) is 14.2 Å². The molecule has 1 heterocycles. The highest BCUT2D eigenvalue weighted by Crippen LogP contribution is 2.11. The molecule has 1 aliphatic rings. The molecule has 0 bridgehead atoms. The topological polar surface area (TPSA) is 27.7 Å². The van der Waals surface area contributed by atoms with Gasteiger partial charge in [0.1, 0.15) is 0 Å². The minimum Gasteiger partial charge on any atom is -0.329 e. The standard InChI is InChI=1S/C5H9ClO3/c1-4(6)5-8-2-7-3-9-5/h4-5H,2-3H2,1H3. The van der Waals surface area contributed by atoms with Gasteiger partial charge in [0, 0.05) is 0 Å². The predicted octanol–water partition coefficient (Wildman–Crippen LogP) is 0.918. The lowest BCUT2D eigenvalue weighted by molar-refractivity contribution is -0.297. The fraction of sp³-hybridized carbons (Fsp3) is 1.00. The highest BCUT2D eigenvalue weighted by atomic mass is 35.5. The van der Waals surface area contributed by atoms with Gasteiger partial charge in [0.15, 0.2) is 19.9 Å². The van der Waals surface area contributed by atoms with Crippen LogP contribution in [0.4, 0.5) is 0 Å². The van der Waals surface area contributed by atoms with E-state index in [4.69, 9.17) is 25.8 Å². The SMILES string of the molecule is CC(Cl)C1OCOCO1. The maximum atomic E-state index is 5.65. The van der Waals surface area contributed by atoms with Crippen LogP contribution in [0.1, 0.15) is 6.92 Å². The Kier molecular flexibility index (Phi) is 2.72. The molecule has 0 N–H and O–H groups in total. The van der Waals surface area contributed by atoms with Crippen molar-refractivity contribution in [3.8, 4) is 0 Å². The minimum absolute atomic E-state index is 0.117. The van der Waals surface area contributed by atoms with Crippen LogP contribution >= 0.6 is 11.6 Å². The van der Waals surface area contributed by atoms with E-state index in [9.17, 15) is 0 Å². The Bertz CT molecular complexity index is 80.3. The summed E-state index contributed by atoms with van der Waals surface area (Å²) in [4.78, 5) is 0. The Morgan fingerprint density at radius 2 is 2.00 bits per heavy atom. The maximum absolute atomic E-state index is 5.65. The van der Waals surface area contributed by atoms with Crippen molar-refractivity contribution in [2.45, 2.75) is 18.6 Å². The molecule has 4 heteroatoms. The zero-order valence-electron chi connectivity index (χ0n) is 5.17. The van der Waals surface area contributed by atoms with Crippen LogP contribution < -0.4 is 0 Å². The molecule has 1 aliphatic heterocycles. The second-order valence-corrected chi connectivity index (χ2v) is 2.51. The Labute approximate surface area is 58.8 Å². The van der Waals surface area contributed by atoms with Crippen LogP contribution in [0.15, 0.2) is 0 Å². The van der Waals surface area contributed by atoms with Crippen molar-refractivity contribution >= 4 is 11.6 Å². The van der Waals surface area contributed by atoms with E-state index in [1.54, 1.807) is 0 Å². The second kappa shape index (κ2) is 3.37. The summed E-state index contributed by atoms with van der Waals surface area (Å²) in [6, 6.07) is 0. The third kappa shape index (κ3) is 2.10. The molecule has 0 aromatic carbocycles. The van der Waals surface area contributed by atoms with Gasteiger partial charge < -0.3 is 14.2 Å². The van der Waals surface area contributed by atoms with Crippen molar-refractivity contribution in [1.82, 2.24) is 0 Å². The van der Waals surface area contributed by atoms with Crippen molar-refractivity contribution in [3.63, 3.8) is 0 Å². The van der Waals surface area contributed by atoms with E-state index in [-0.39, 0.29) is 25.3 Å². The molecule has 0 aromatic rings. The molecule has 0 spiro atoms. The van der Waals surface area contributed by atoms with Gasteiger partial charge in [0.05, 0.1) is 5.38 Å². The van der Waals surface area contributed by atoms with Crippen LogP contribution in [0.25, 0.3) is 0 Å². The largest absolute Gasteiger partial charge is 0.329 e. The van der Waals surface area contributed by atoms with E-state index in [1.165, 1.54) is 0 Å². The second-order valence-electron chi connectivity index (χ2n) is 1.82. The van der Waals surface area contributed by atoms with Crippen molar-refractivity contribution in [2.75, 3.05) is 13.6 Å². The summed E-state index contributed by atoms with van der Waals surface area (Å²) in [6.07, 6.45) is -0.305. The van der Waals surface area contributed by atoms with Gasteiger partial charge in [-0.05, 0) is 6.92 Å². The normalized spacial score (nSPS) is 26.0. The van der Waals surface area contributed by atoms with Crippen molar-refractivity contribution < 1.29 is 14.2 Å². The molecule has 1 unspecified atom stereocenters. The van der Waals surface area contributed by atoms with Crippen LogP contribution in [-0.4, -0.2) is 25.3 Å². The quantitative estimate of drug-likeness (QED) is 0.523. The van der Waals surface area contributed by atoms with Gasteiger partial charge in [0.25, 0.3) is 0 Å². The first-order chi connectivity index (χ1) is 4.30. The van der Waals surface area contributed by atoms with Crippen LogP contribution in [0, 0.1) is 0 Å². The summed E-state index contributed by atoms with van der Waals surface area (Å²) in [6.45, 7) is 2.38. The first kappa shape index (κ1) is 7.28. The summed E-state index contributed by atoms with van der Waals surface area (Å²) >= 11 is 5.65. The molecule has 0 radical (unpaired) electrons. The Morgan fingerprint density at radius 1 is 1.44 bits per heavy atom. The molecule has 0 aromatic heterocycles. The van der Waals surface area contributed by atoms with Crippen molar-refractivity contribution in [1.29, 1.82) is 0 Å². The first-order valence-corrected chi connectivity index (χ1v) is 3.19. The van der Waals surface area contributed by atoms with Gasteiger partial charge in [-0.3, -0.25) is 0 Å². The van der Waals surface area contributed by atoms with Gasteiger partial charge >= 0.3 is 0 Å². The number of alkyl halides is 1. The minimum atomic E-state index is -0.305. The predicted molar refractivity (Wildman–Crippen MR) is 32.1 cm³/mol. The molecule has 1 saturated heterocycles. The Hall–Kier alpha value is 0.170. The van der Waals surface area contributed by atoms with E-state index in [1.807, 2.05) is 6.92 Å². The summed E-state index contributed by atoms with van der Waals surface area (Å²) in [5.41, 5.74) is 0. The molecule has 0 amide bonds. The average molecular weight is 153 g/mol. The van der Waals surface area contributed by atoms with Crippen molar-refractivity contribution in [2.24, 2.45) is 0 Å². The van der Waals surface area contributed by atoms with Crippen LogP contribution in [0.2, 0.25) is 0 Å². The Balaban J connectivity index is 2.23. The monoisotopic (exact) mass is 152 g/mol. The number of halogens is 1. The van der Waals surface area contributed by atoms with Gasteiger partial charge in [0.2, 0.25) is 0 Å². The fourth-order valence-corrected chi connectivity index (χ4v) is 0.723. The summed E-state index contributed by atoms with van der Waals surface area (Å²) < 4.78 is 14.7. The lowest BCUT2D eigenvalue weighted by Gasteiger charge is -2.24. The lowest BCUT2D eigenvalue weighted by Crippen LogP contribution is -2.32. The number of hydrogen-bond donors (Lipinski definition) is 0. The maximum Gasteiger partial charge on any atom is 0.179 e. The van der Waals surface area contributed by atoms with Gasteiger partial charge in [-0.25, -0.2) is 0 Å². The number of ether oxygens (including phenoxy) is 3. The van der Waals surface area contributed by atoms with E-state index in [2.05, 4.69) is 0 Å². The summed E-state index contributed by atoms with van der Waals surface area (Å²) in [5.74, 6) is 0. The molecular weight excluding hydrogens is 144 g/mol. The highest BCUT2D eigenvalue weighted by Gasteiger charge is 2.19. The third-order valence-corrected chi connectivity index (χ3v) is 1.21. The fourth-order valence-electron chi connectivity index (χ4n) is 0.578. The molecular formula is C5H9ClO3. The molecule has 1 atom stereocenters. The van der Waals surface area contributed by atoms with Gasteiger partial charge in [-0.1, -0.05) is 0 Å². The lowest BCUT2D eigenvalue weighted by atomic mass is 10.5. The molecule has 0 aliphatic carbocycles. The van der Waals surface area contributed by atoms with Gasteiger partial charge in [-0.15, -0.1) is 11.6 Å². The average Bonchev–Trinajstić information content (AvgIpc) is 1.90. The zero-order valence-corrected chi connectivity index (χ0v) is 5.93. The Morgan fingerprint density at radius 3 is 2.33 bits per heavy atom. The van der Waals surface area contributed by atoms with Crippen LogP contribution in [0.5, 0.6) is 0 Å². The molecule has 54 valence electrons. The molecule has 0 saturated carbocycles.